The summed E-state index contributed by atoms with van der Waals surface area (Å²) in [7, 11) is 3.88. The Labute approximate surface area is 102 Å². The van der Waals surface area contributed by atoms with Crippen LogP contribution in [0.15, 0.2) is 18.2 Å². The van der Waals surface area contributed by atoms with E-state index in [0.717, 1.165) is 15.8 Å². The molecule has 0 radical (unpaired) electrons. The number of aromatic carboxylic acids is 1. The van der Waals surface area contributed by atoms with Gasteiger partial charge in [-0.15, -0.1) is 11.3 Å². The molecular formula is C11H10ClNO2S. The Kier molecular flexibility index (Phi) is 2.78. The third kappa shape index (κ3) is 1.74. The van der Waals surface area contributed by atoms with Crippen LogP contribution in [0.3, 0.4) is 0 Å². The average molecular weight is 256 g/mol. The SMILES string of the molecule is CN(C)c1ccc2c(Cl)c(C(=O)O)sc2c1. The topological polar surface area (TPSA) is 40.5 Å². The van der Waals surface area contributed by atoms with Crippen molar-refractivity contribution in [1.29, 1.82) is 0 Å². The fraction of sp³-hybridized carbons (Fsp3) is 0.182. The predicted molar refractivity (Wildman–Crippen MR) is 68.1 cm³/mol. The van der Waals surface area contributed by atoms with E-state index < -0.39 is 5.97 Å². The van der Waals surface area contributed by atoms with Crippen LogP contribution in [0.1, 0.15) is 9.67 Å². The summed E-state index contributed by atoms with van der Waals surface area (Å²) < 4.78 is 0.897. The molecule has 1 N–H and O–H groups in total. The highest BCUT2D eigenvalue weighted by Gasteiger charge is 2.16. The maximum atomic E-state index is 10.9. The van der Waals surface area contributed by atoms with Gasteiger partial charge in [0.1, 0.15) is 4.88 Å². The van der Waals surface area contributed by atoms with Crippen molar-refractivity contribution in [2.75, 3.05) is 19.0 Å². The number of anilines is 1. The van der Waals surface area contributed by atoms with E-state index in [1.165, 1.54) is 11.3 Å². The van der Waals surface area contributed by atoms with Gasteiger partial charge in [0.15, 0.2) is 0 Å². The van der Waals surface area contributed by atoms with Crippen molar-refractivity contribution in [3.05, 3.63) is 28.1 Å². The summed E-state index contributed by atoms with van der Waals surface area (Å²) in [5.74, 6) is -0.974. The number of thiophene rings is 1. The number of hydrogen-bond donors (Lipinski definition) is 1. The fourth-order valence-electron chi connectivity index (χ4n) is 1.47. The molecule has 1 heterocycles. The molecule has 2 rings (SSSR count). The summed E-state index contributed by atoms with van der Waals surface area (Å²) in [6.07, 6.45) is 0. The maximum Gasteiger partial charge on any atom is 0.347 e. The molecule has 5 heteroatoms. The van der Waals surface area contributed by atoms with Crippen LogP contribution >= 0.6 is 22.9 Å². The van der Waals surface area contributed by atoms with Gasteiger partial charge < -0.3 is 10.0 Å². The van der Waals surface area contributed by atoms with E-state index in [0.29, 0.717) is 5.02 Å². The first-order valence-electron chi connectivity index (χ1n) is 4.63. The number of fused-ring (bicyclic) bond motifs is 1. The van der Waals surface area contributed by atoms with Crippen molar-refractivity contribution in [3.63, 3.8) is 0 Å². The quantitative estimate of drug-likeness (QED) is 0.895. The second kappa shape index (κ2) is 3.96. The number of benzene rings is 1. The molecule has 0 unspecified atom stereocenters. The van der Waals surface area contributed by atoms with Crippen LogP contribution in [0.2, 0.25) is 5.02 Å². The third-order valence-electron chi connectivity index (χ3n) is 2.32. The Morgan fingerprint density at radius 2 is 2.12 bits per heavy atom. The Hall–Kier alpha value is -1.26. The molecular weight excluding hydrogens is 246 g/mol. The van der Waals surface area contributed by atoms with Crippen molar-refractivity contribution in [2.24, 2.45) is 0 Å². The summed E-state index contributed by atoms with van der Waals surface area (Å²) in [5, 5.41) is 10.1. The van der Waals surface area contributed by atoms with Gasteiger partial charge in [-0.25, -0.2) is 4.79 Å². The molecule has 2 aromatic rings. The lowest BCUT2D eigenvalue weighted by molar-refractivity contribution is 0.0702. The van der Waals surface area contributed by atoms with Crippen LogP contribution in [0, 0.1) is 0 Å². The Bertz CT molecular complexity index is 562. The number of carboxylic acid groups (broad SMARTS) is 1. The highest BCUT2D eigenvalue weighted by atomic mass is 35.5. The van der Waals surface area contributed by atoms with Crippen LogP contribution in [0.4, 0.5) is 5.69 Å². The first kappa shape index (κ1) is 11.2. The lowest BCUT2D eigenvalue weighted by Gasteiger charge is -2.11. The highest BCUT2D eigenvalue weighted by molar-refractivity contribution is 7.21. The molecule has 16 heavy (non-hydrogen) atoms. The highest BCUT2D eigenvalue weighted by Crippen LogP contribution is 2.37. The number of carbonyl (C=O) groups is 1. The van der Waals surface area contributed by atoms with Gasteiger partial charge in [0.25, 0.3) is 0 Å². The van der Waals surface area contributed by atoms with Gasteiger partial charge in [-0.2, -0.15) is 0 Å². The summed E-state index contributed by atoms with van der Waals surface area (Å²) >= 11 is 7.21. The zero-order valence-electron chi connectivity index (χ0n) is 8.82. The summed E-state index contributed by atoms with van der Waals surface area (Å²) in [6, 6.07) is 5.72. The lowest BCUT2D eigenvalue weighted by atomic mass is 10.2. The van der Waals surface area contributed by atoms with Crippen LogP contribution in [0.5, 0.6) is 0 Å². The first-order chi connectivity index (χ1) is 7.50. The van der Waals surface area contributed by atoms with Crippen molar-refractivity contribution in [3.8, 4) is 0 Å². The van der Waals surface area contributed by atoms with E-state index >= 15 is 0 Å². The summed E-state index contributed by atoms with van der Waals surface area (Å²) in [4.78, 5) is 13.1. The monoisotopic (exact) mass is 255 g/mol. The Morgan fingerprint density at radius 3 is 2.69 bits per heavy atom. The average Bonchev–Trinajstić information content (AvgIpc) is 2.55. The number of hydrogen-bond acceptors (Lipinski definition) is 3. The molecule has 0 atom stereocenters. The largest absolute Gasteiger partial charge is 0.477 e. The van der Waals surface area contributed by atoms with E-state index in [9.17, 15) is 4.79 Å². The van der Waals surface area contributed by atoms with E-state index in [1.807, 2.05) is 37.2 Å². The molecule has 0 saturated carbocycles. The molecule has 0 aliphatic carbocycles. The Balaban J connectivity index is 2.67. The summed E-state index contributed by atoms with van der Waals surface area (Å²) in [6.45, 7) is 0. The summed E-state index contributed by atoms with van der Waals surface area (Å²) in [5.41, 5.74) is 1.03. The molecule has 84 valence electrons. The van der Waals surface area contributed by atoms with Crippen molar-refractivity contribution in [1.82, 2.24) is 0 Å². The molecule has 0 saturated heterocycles. The molecule has 0 aliphatic heterocycles. The zero-order chi connectivity index (χ0) is 11.9. The lowest BCUT2D eigenvalue weighted by Crippen LogP contribution is -2.07. The van der Waals surface area contributed by atoms with Gasteiger partial charge in [0.2, 0.25) is 0 Å². The van der Waals surface area contributed by atoms with Crippen molar-refractivity contribution < 1.29 is 9.90 Å². The van der Waals surface area contributed by atoms with E-state index in [1.54, 1.807) is 0 Å². The van der Waals surface area contributed by atoms with Gasteiger partial charge in [0.05, 0.1) is 5.02 Å². The smallest absolute Gasteiger partial charge is 0.347 e. The van der Waals surface area contributed by atoms with Gasteiger partial charge in [-0.1, -0.05) is 11.6 Å². The van der Waals surface area contributed by atoms with Crippen LogP contribution in [-0.4, -0.2) is 25.2 Å². The van der Waals surface area contributed by atoms with Crippen LogP contribution in [0.25, 0.3) is 10.1 Å². The normalized spacial score (nSPS) is 10.7. The fourth-order valence-corrected chi connectivity index (χ4v) is 2.85. The molecule has 1 aromatic carbocycles. The minimum Gasteiger partial charge on any atom is -0.477 e. The molecule has 0 fully saturated rings. The molecule has 3 nitrogen and oxygen atoms in total. The Morgan fingerprint density at radius 1 is 1.44 bits per heavy atom. The number of carboxylic acids is 1. The number of nitrogens with zero attached hydrogens (tertiary/aromatic N) is 1. The van der Waals surface area contributed by atoms with Crippen molar-refractivity contribution in [2.45, 2.75) is 0 Å². The number of rotatable bonds is 2. The van der Waals surface area contributed by atoms with Gasteiger partial charge in [-0.3, -0.25) is 0 Å². The van der Waals surface area contributed by atoms with E-state index in [2.05, 4.69) is 0 Å². The molecule has 0 spiro atoms. The minimum absolute atomic E-state index is 0.201. The van der Waals surface area contributed by atoms with Gasteiger partial charge in [0, 0.05) is 29.9 Å². The standard InChI is InChI=1S/C11H10ClNO2S/c1-13(2)6-3-4-7-8(5-6)16-10(9(7)12)11(14)15/h3-5H,1-2H3,(H,14,15). The maximum absolute atomic E-state index is 10.9. The van der Waals surface area contributed by atoms with Crippen molar-refractivity contribution >= 4 is 44.7 Å². The number of halogens is 1. The molecule has 0 amide bonds. The second-order valence-corrected chi connectivity index (χ2v) is 5.06. The van der Waals surface area contributed by atoms with E-state index in [-0.39, 0.29) is 4.88 Å². The second-order valence-electron chi connectivity index (χ2n) is 3.63. The third-order valence-corrected chi connectivity index (χ3v) is 3.97. The predicted octanol–water partition coefficient (Wildman–Crippen LogP) is 3.32. The first-order valence-corrected chi connectivity index (χ1v) is 5.83. The van der Waals surface area contributed by atoms with Gasteiger partial charge in [-0.05, 0) is 18.2 Å². The zero-order valence-corrected chi connectivity index (χ0v) is 10.4. The van der Waals surface area contributed by atoms with Crippen LogP contribution < -0.4 is 4.90 Å². The molecule has 0 aliphatic rings. The molecule has 1 aromatic heterocycles. The van der Waals surface area contributed by atoms with Crippen LogP contribution in [-0.2, 0) is 0 Å². The molecule has 0 bridgehead atoms. The van der Waals surface area contributed by atoms with E-state index in [4.69, 9.17) is 16.7 Å². The minimum atomic E-state index is -0.974. The van der Waals surface area contributed by atoms with Gasteiger partial charge >= 0.3 is 5.97 Å².